The number of methoxy groups -OCH3 is 1. The number of hydrogen-bond acceptors (Lipinski definition) is 7. The Bertz CT molecular complexity index is 1150. The van der Waals surface area contributed by atoms with Crippen LogP contribution in [0.4, 0.5) is 6.01 Å². The van der Waals surface area contributed by atoms with Crippen molar-refractivity contribution in [2.75, 3.05) is 25.5 Å². The van der Waals surface area contributed by atoms with Gasteiger partial charge in [-0.2, -0.15) is 4.31 Å². The van der Waals surface area contributed by atoms with Crippen LogP contribution in [0.25, 0.3) is 11.5 Å². The van der Waals surface area contributed by atoms with E-state index in [2.05, 4.69) is 15.5 Å². The van der Waals surface area contributed by atoms with Crippen LogP contribution in [0.5, 0.6) is 5.75 Å². The molecule has 10 heteroatoms. The van der Waals surface area contributed by atoms with Crippen LogP contribution in [0.3, 0.4) is 0 Å². The number of amides is 1. The highest BCUT2D eigenvalue weighted by Crippen LogP contribution is 2.26. The molecule has 0 aliphatic carbocycles. The number of aromatic nitrogens is 2. The number of carbonyl (C=O) groups excluding carboxylic acids is 1. The lowest BCUT2D eigenvalue weighted by atomic mass is 9.99. The molecule has 3 aromatic rings. The Balaban J connectivity index is 1.42. The zero-order chi connectivity index (χ0) is 21.8. The van der Waals surface area contributed by atoms with Crippen molar-refractivity contribution < 1.29 is 22.4 Å². The summed E-state index contributed by atoms with van der Waals surface area (Å²) >= 11 is 0. The number of rotatable bonds is 6. The number of sulfonamides is 1. The van der Waals surface area contributed by atoms with E-state index >= 15 is 0 Å². The molecule has 162 valence electrons. The molecule has 2 aromatic carbocycles. The van der Waals surface area contributed by atoms with E-state index in [4.69, 9.17) is 9.15 Å². The average Bonchev–Trinajstić information content (AvgIpc) is 3.28. The van der Waals surface area contributed by atoms with Gasteiger partial charge in [-0.3, -0.25) is 10.1 Å². The second kappa shape index (κ2) is 8.86. The number of benzene rings is 2. The maximum Gasteiger partial charge on any atom is 0.322 e. The van der Waals surface area contributed by atoms with Crippen LogP contribution in [0.15, 0.2) is 63.9 Å². The predicted octanol–water partition coefficient (Wildman–Crippen LogP) is 2.78. The van der Waals surface area contributed by atoms with E-state index in [0.717, 1.165) is 0 Å². The van der Waals surface area contributed by atoms with Crippen LogP contribution in [-0.4, -0.2) is 49.0 Å². The summed E-state index contributed by atoms with van der Waals surface area (Å²) in [6.45, 7) is 0.478. The van der Waals surface area contributed by atoms with Gasteiger partial charge in [0.15, 0.2) is 0 Å². The molecule has 1 N–H and O–H groups in total. The largest absolute Gasteiger partial charge is 0.497 e. The van der Waals surface area contributed by atoms with Crippen LogP contribution in [0.1, 0.15) is 12.8 Å². The first kappa shape index (κ1) is 21.0. The Morgan fingerprint density at radius 3 is 2.58 bits per heavy atom. The van der Waals surface area contributed by atoms with E-state index in [0.29, 0.717) is 30.7 Å². The van der Waals surface area contributed by atoms with Crippen molar-refractivity contribution in [3.8, 4) is 17.2 Å². The van der Waals surface area contributed by atoms with E-state index in [-0.39, 0.29) is 29.3 Å². The van der Waals surface area contributed by atoms with Gasteiger partial charge in [-0.1, -0.05) is 23.3 Å². The summed E-state index contributed by atoms with van der Waals surface area (Å²) in [5, 5.41) is 10.4. The zero-order valence-electron chi connectivity index (χ0n) is 16.9. The van der Waals surface area contributed by atoms with Crippen molar-refractivity contribution in [3.05, 3.63) is 54.6 Å². The van der Waals surface area contributed by atoms with Crippen LogP contribution < -0.4 is 10.1 Å². The Morgan fingerprint density at radius 1 is 1.13 bits per heavy atom. The number of hydrogen-bond donors (Lipinski definition) is 1. The molecule has 1 amide bonds. The fourth-order valence-electron chi connectivity index (χ4n) is 3.45. The highest BCUT2D eigenvalue weighted by atomic mass is 32.2. The molecule has 4 rings (SSSR count). The number of piperidine rings is 1. The first-order chi connectivity index (χ1) is 15.0. The first-order valence-corrected chi connectivity index (χ1v) is 11.3. The van der Waals surface area contributed by atoms with Gasteiger partial charge in [-0.05, 0) is 49.2 Å². The van der Waals surface area contributed by atoms with Crippen LogP contribution in [0, 0.1) is 5.92 Å². The highest BCUT2D eigenvalue weighted by Gasteiger charge is 2.33. The molecule has 1 aliphatic heterocycles. The molecule has 0 saturated carbocycles. The van der Waals surface area contributed by atoms with Crippen molar-refractivity contribution in [2.24, 2.45) is 5.92 Å². The minimum Gasteiger partial charge on any atom is -0.497 e. The van der Waals surface area contributed by atoms with E-state index in [9.17, 15) is 13.2 Å². The smallest absolute Gasteiger partial charge is 0.322 e. The third-order valence-electron chi connectivity index (χ3n) is 5.13. The fourth-order valence-corrected chi connectivity index (χ4v) is 4.99. The number of nitrogens with one attached hydrogen (secondary N) is 1. The summed E-state index contributed by atoms with van der Waals surface area (Å²) in [5.41, 5.74) is 0.687. The van der Waals surface area contributed by atoms with Gasteiger partial charge in [-0.15, -0.1) is 5.10 Å². The van der Waals surface area contributed by atoms with Crippen molar-refractivity contribution in [1.29, 1.82) is 0 Å². The second-order valence-corrected chi connectivity index (χ2v) is 9.08. The van der Waals surface area contributed by atoms with Crippen molar-refractivity contribution in [3.63, 3.8) is 0 Å². The van der Waals surface area contributed by atoms with E-state index in [1.807, 2.05) is 0 Å². The van der Waals surface area contributed by atoms with Crippen LogP contribution in [0.2, 0.25) is 0 Å². The molecular weight excluding hydrogens is 420 g/mol. The molecule has 2 heterocycles. The van der Waals surface area contributed by atoms with Crippen molar-refractivity contribution >= 4 is 21.9 Å². The fraction of sp³-hybridized carbons (Fsp3) is 0.286. The van der Waals surface area contributed by atoms with Crippen molar-refractivity contribution in [2.45, 2.75) is 17.7 Å². The number of anilines is 1. The van der Waals surface area contributed by atoms with E-state index in [1.165, 1.54) is 4.31 Å². The van der Waals surface area contributed by atoms with Gasteiger partial charge in [0, 0.05) is 18.7 Å². The van der Waals surface area contributed by atoms with Crippen molar-refractivity contribution in [1.82, 2.24) is 14.5 Å². The normalized spacial score (nSPS) is 17.3. The number of carbonyl (C=O) groups is 1. The van der Waals surface area contributed by atoms with Gasteiger partial charge in [0.1, 0.15) is 5.75 Å². The maximum atomic E-state index is 12.9. The lowest BCUT2D eigenvalue weighted by molar-refractivity contribution is -0.121. The third kappa shape index (κ3) is 4.59. The Hall–Kier alpha value is -3.24. The quantitative estimate of drug-likeness (QED) is 0.624. The Labute approximate surface area is 180 Å². The van der Waals surface area contributed by atoms with Gasteiger partial charge in [-0.25, -0.2) is 8.42 Å². The molecule has 0 radical (unpaired) electrons. The monoisotopic (exact) mass is 442 g/mol. The molecule has 31 heavy (non-hydrogen) atoms. The summed E-state index contributed by atoms with van der Waals surface area (Å²) in [5.74, 6) is 0.0976. The van der Waals surface area contributed by atoms with Crippen LogP contribution >= 0.6 is 0 Å². The zero-order valence-corrected chi connectivity index (χ0v) is 17.7. The summed E-state index contributed by atoms with van der Waals surface area (Å²) in [4.78, 5) is 12.9. The minimum absolute atomic E-state index is 0.0288. The molecule has 1 fully saturated rings. The molecule has 1 aromatic heterocycles. The lowest BCUT2D eigenvalue weighted by Gasteiger charge is -2.30. The molecule has 1 unspecified atom stereocenters. The topological polar surface area (TPSA) is 115 Å². The van der Waals surface area contributed by atoms with E-state index in [1.54, 1.807) is 61.7 Å². The predicted molar refractivity (Wildman–Crippen MR) is 113 cm³/mol. The number of nitrogens with zero attached hydrogens (tertiary/aromatic N) is 3. The lowest BCUT2D eigenvalue weighted by Crippen LogP contribution is -2.43. The molecule has 0 bridgehead atoms. The van der Waals surface area contributed by atoms with Gasteiger partial charge >= 0.3 is 6.01 Å². The van der Waals surface area contributed by atoms with Gasteiger partial charge in [0.2, 0.25) is 21.8 Å². The molecule has 1 aliphatic rings. The standard InChI is InChI=1S/C21H22N4O5S/c1-29-17-11-9-15(10-12-17)20-23-24-21(30-20)22-19(26)16-6-5-13-25(14-16)31(27,28)18-7-3-2-4-8-18/h2-4,7-12,16H,5-6,13-14H2,1H3,(H,22,24,26). The average molecular weight is 442 g/mol. The number of ether oxygens (including phenoxy) is 1. The van der Waals surface area contributed by atoms with Gasteiger partial charge in [0.25, 0.3) is 0 Å². The van der Waals surface area contributed by atoms with Gasteiger partial charge < -0.3 is 9.15 Å². The highest BCUT2D eigenvalue weighted by molar-refractivity contribution is 7.89. The molecular formula is C21H22N4O5S. The molecule has 0 spiro atoms. The SMILES string of the molecule is COc1ccc(-c2nnc(NC(=O)C3CCCN(S(=O)(=O)c4ccccc4)C3)o2)cc1. The summed E-state index contributed by atoms with van der Waals surface area (Å²) in [7, 11) is -2.07. The summed E-state index contributed by atoms with van der Waals surface area (Å²) in [6.07, 6.45) is 1.16. The first-order valence-electron chi connectivity index (χ1n) is 9.81. The van der Waals surface area contributed by atoms with Gasteiger partial charge in [0.05, 0.1) is 17.9 Å². The van der Waals surface area contributed by atoms with Crippen LogP contribution in [-0.2, 0) is 14.8 Å². The minimum atomic E-state index is -3.65. The maximum absolute atomic E-state index is 12.9. The molecule has 1 saturated heterocycles. The second-order valence-electron chi connectivity index (χ2n) is 7.15. The van der Waals surface area contributed by atoms with E-state index < -0.39 is 15.9 Å². The summed E-state index contributed by atoms with van der Waals surface area (Å²) in [6, 6.07) is 15.3. The summed E-state index contributed by atoms with van der Waals surface area (Å²) < 4.78 is 37.7. The third-order valence-corrected chi connectivity index (χ3v) is 7.01. The Morgan fingerprint density at radius 2 is 1.87 bits per heavy atom. The molecule has 1 atom stereocenters. The Kier molecular flexibility index (Phi) is 6.01. The molecule has 9 nitrogen and oxygen atoms in total.